The van der Waals surface area contributed by atoms with Gasteiger partial charge in [0.25, 0.3) is 0 Å². The van der Waals surface area contributed by atoms with Crippen LogP contribution >= 0.6 is 11.9 Å². The fraction of sp³-hybridized carbons (Fsp3) is 0.265. The Labute approximate surface area is 241 Å². The van der Waals surface area contributed by atoms with Gasteiger partial charge in [-0.15, -0.1) is 0 Å². The van der Waals surface area contributed by atoms with Crippen molar-refractivity contribution in [1.29, 1.82) is 0 Å². The van der Waals surface area contributed by atoms with Crippen LogP contribution in [0.5, 0.6) is 0 Å². The number of likely N-dealkylation sites (N-methyl/N-ethyl adjacent to an activating group) is 1. The molecule has 0 aliphatic rings. The number of benzene rings is 4. The molecule has 0 radical (unpaired) electrons. The van der Waals surface area contributed by atoms with E-state index in [4.69, 9.17) is 5.11 Å². The maximum absolute atomic E-state index is 10.7. The molecule has 4 aromatic rings. The Morgan fingerprint density at radius 1 is 0.925 bits per heavy atom. The Morgan fingerprint density at radius 3 is 2.23 bits per heavy atom. The standard InChI is InChI=1S/C34H38N2O3S/c1-34(2,21-27-12-18-28-6-4-5-7-31(28)20-27)35-22-32(37)23-36(3)40-24-26-10-16-30(17-11-26)29-14-8-25(9-15-29)13-19-33(38)39/h4-20,32,35,37H,21-24H2,1-3H3,(H,38,39)/b19-13+/t32-/m1/s1. The average molecular weight is 555 g/mol. The predicted octanol–water partition coefficient (Wildman–Crippen LogP) is 6.66. The lowest BCUT2D eigenvalue weighted by Crippen LogP contribution is -2.46. The molecule has 3 N–H and O–H groups in total. The molecule has 4 aromatic carbocycles. The van der Waals surface area contributed by atoms with E-state index in [1.807, 2.05) is 31.3 Å². The summed E-state index contributed by atoms with van der Waals surface area (Å²) in [5, 5.41) is 25.5. The highest BCUT2D eigenvalue weighted by atomic mass is 32.2. The first-order valence-corrected chi connectivity index (χ1v) is 14.5. The largest absolute Gasteiger partial charge is 0.478 e. The molecule has 208 valence electrons. The number of fused-ring (bicyclic) bond motifs is 1. The summed E-state index contributed by atoms with van der Waals surface area (Å²) < 4.78 is 2.10. The average Bonchev–Trinajstić information content (AvgIpc) is 2.94. The van der Waals surface area contributed by atoms with Gasteiger partial charge >= 0.3 is 5.97 Å². The molecule has 0 spiro atoms. The number of hydrogen-bond acceptors (Lipinski definition) is 5. The van der Waals surface area contributed by atoms with Crippen molar-refractivity contribution in [3.63, 3.8) is 0 Å². The molecule has 5 nitrogen and oxygen atoms in total. The van der Waals surface area contributed by atoms with Crippen molar-refractivity contribution in [2.45, 2.75) is 37.7 Å². The van der Waals surface area contributed by atoms with Gasteiger partial charge in [-0.05, 0) is 72.0 Å². The fourth-order valence-electron chi connectivity index (χ4n) is 4.66. The number of carboxylic acids is 1. The number of carboxylic acid groups (broad SMARTS) is 1. The molecule has 0 saturated heterocycles. The highest BCUT2D eigenvalue weighted by Gasteiger charge is 2.20. The van der Waals surface area contributed by atoms with Gasteiger partial charge in [-0.1, -0.05) is 103 Å². The van der Waals surface area contributed by atoms with Crippen molar-refractivity contribution < 1.29 is 15.0 Å². The molecule has 0 bridgehead atoms. The molecule has 40 heavy (non-hydrogen) atoms. The van der Waals surface area contributed by atoms with Crippen LogP contribution in [0.1, 0.15) is 30.5 Å². The summed E-state index contributed by atoms with van der Waals surface area (Å²) in [6.45, 7) is 5.47. The molecule has 1 atom stereocenters. The number of hydrogen-bond donors (Lipinski definition) is 3. The Hall–Kier alpha value is -3.42. The first-order chi connectivity index (χ1) is 19.2. The Morgan fingerprint density at radius 2 is 1.55 bits per heavy atom. The molecule has 0 unspecified atom stereocenters. The van der Waals surface area contributed by atoms with Gasteiger partial charge in [0.05, 0.1) is 6.10 Å². The Kier molecular flexibility index (Phi) is 10.2. The zero-order valence-electron chi connectivity index (χ0n) is 23.4. The van der Waals surface area contributed by atoms with Crippen molar-refractivity contribution in [2.24, 2.45) is 0 Å². The van der Waals surface area contributed by atoms with Crippen molar-refractivity contribution in [3.05, 3.63) is 114 Å². The molecule has 0 fully saturated rings. The van der Waals surface area contributed by atoms with Gasteiger partial charge in [-0.25, -0.2) is 4.79 Å². The van der Waals surface area contributed by atoms with Crippen molar-refractivity contribution in [1.82, 2.24) is 9.62 Å². The van der Waals surface area contributed by atoms with E-state index in [1.165, 1.54) is 21.9 Å². The normalized spacial score (nSPS) is 12.8. The molecule has 0 aromatic heterocycles. The second-order valence-electron chi connectivity index (χ2n) is 10.9. The smallest absolute Gasteiger partial charge is 0.328 e. The molecule has 0 aliphatic heterocycles. The summed E-state index contributed by atoms with van der Waals surface area (Å²) in [5.41, 5.74) is 5.42. The number of rotatable bonds is 13. The first-order valence-electron chi connectivity index (χ1n) is 13.5. The summed E-state index contributed by atoms with van der Waals surface area (Å²) in [6, 6.07) is 31.3. The number of aliphatic carboxylic acids is 1. The molecule has 0 heterocycles. The second-order valence-corrected chi connectivity index (χ2v) is 12.0. The quantitative estimate of drug-likeness (QED) is 0.127. The van der Waals surface area contributed by atoms with Crippen LogP contribution in [0.25, 0.3) is 28.0 Å². The van der Waals surface area contributed by atoms with Gasteiger partial charge in [0, 0.05) is 30.5 Å². The lowest BCUT2D eigenvalue weighted by molar-refractivity contribution is -0.131. The zero-order valence-corrected chi connectivity index (χ0v) is 24.2. The summed E-state index contributed by atoms with van der Waals surface area (Å²) >= 11 is 1.70. The van der Waals surface area contributed by atoms with E-state index < -0.39 is 12.1 Å². The van der Waals surface area contributed by atoms with E-state index in [0.29, 0.717) is 13.1 Å². The van der Waals surface area contributed by atoms with Crippen LogP contribution in [-0.2, 0) is 17.0 Å². The number of β-amino-alcohol motifs (C(OH)–C–C–N with tert-alkyl or cyclic N) is 1. The van der Waals surface area contributed by atoms with Crippen molar-refractivity contribution in [2.75, 3.05) is 20.1 Å². The minimum Gasteiger partial charge on any atom is -0.478 e. The monoisotopic (exact) mass is 554 g/mol. The minimum absolute atomic E-state index is 0.133. The topological polar surface area (TPSA) is 72.8 Å². The maximum atomic E-state index is 10.7. The maximum Gasteiger partial charge on any atom is 0.328 e. The number of nitrogens with zero attached hydrogens (tertiary/aromatic N) is 1. The third-order valence-corrected chi connectivity index (χ3v) is 7.86. The third kappa shape index (κ3) is 9.07. The summed E-state index contributed by atoms with van der Waals surface area (Å²) in [5.74, 6) is -0.130. The highest BCUT2D eigenvalue weighted by Crippen LogP contribution is 2.24. The number of carbonyl (C=O) groups is 1. The SMILES string of the molecule is CN(C[C@H](O)CNC(C)(C)Cc1ccc2ccccc2c1)SCc1ccc(-c2ccc(/C=C/C(=O)O)cc2)cc1. The number of nitrogens with one attached hydrogen (secondary N) is 1. The van der Waals surface area contributed by atoms with E-state index in [2.05, 4.69) is 90.2 Å². The lowest BCUT2D eigenvalue weighted by atomic mass is 9.93. The predicted molar refractivity (Wildman–Crippen MR) is 168 cm³/mol. The van der Waals surface area contributed by atoms with Crippen LogP contribution in [0.4, 0.5) is 0 Å². The van der Waals surface area contributed by atoms with E-state index in [9.17, 15) is 9.90 Å². The van der Waals surface area contributed by atoms with Crippen LogP contribution in [0.15, 0.2) is 97.1 Å². The van der Waals surface area contributed by atoms with Crippen LogP contribution < -0.4 is 5.32 Å². The summed E-state index contributed by atoms with van der Waals surface area (Å²) in [6.07, 6.45) is 3.14. The molecule has 0 amide bonds. The number of aliphatic hydroxyl groups is 1. The number of aliphatic hydroxyl groups excluding tert-OH is 1. The van der Waals surface area contributed by atoms with E-state index in [-0.39, 0.29) is 5.54 Å². The van der Waals surface area contributed by atoms with Crippen molar-refractivity contribution >= 4 is 34.8 Å². The highest BCUT2D eigenvalue weighted by molar-refractivity contribution is 7.96. The van der Waals surface area contributed by atoms with Crippen LogP contribution in [0.2, 0.25) is 0 Å². The molecule has 0 saturated carbocycles. The third-order valence-electron chi connectivity index (χ3n) is 6.81. The van der Waals surface area contributed by atoms with E-state index in [1.54, 1.807) is 18.0 Å². The zero-order chi connectivity index (χ0) is 28.5. The minimum atomic E-state index is -0.953. The van der Waals surface area contributed by atoms with Crippen LogP contribution in [0, 0.1) is 0 Å². The van der Waals surface area contributed by atoms with E-state index in [0.717, 1.165) is 34.9 Å². The molecular formula is C34H38N2O3S. The first kappa shape index (κ1) is 29.6. The van der Waals surface area contributed by atoms with Gasteiger partial charge < -0.3 is 15.5 Å². The molecule has 4 rings (SSSR count). The van der Waals surface area contributed by atoms with Crippen LogP contribution in [-0.4, -0.2) is 52.3 Å². The van der Waals surface area contributed by atoms with Gasteiger partial charge in [-0.3, -0.25) is 4.31 Å². The molecule has 6 heteroatoms. The summed E-state index contributed by atoms with van der Waals surface area (Å²) in [4.78, 5) is 10.7. The van der Waals surface area contributed by atoms with Crippen molar-refractivity contribution in [3.8, 4) is 11.1 Å². The lowest BCUT2D eigenvalue weighted by Gasteiger charge is -2.29. The summed E-state index contributed by atoms with van der Waals surface area (Å²) in [7, 11) is 2.02. The Bertz CT molecular complexity index is 1430. The van der Waals surface area contributed by atoms with E-state index >= 15 is 0 Å². The Balaban J connectivity index is 1.20. The van der Waals surface area contributed by atoms with Gasteiger partial charge in [0.15, 0.2) is 0 Å². The molecular weight excluding hydrogens is 516 g/mol. The van der Waals surface area contributed by atoms with Gasteiger partial charge in [0.1, 0.15) is 0 Å². The fourth-order valence-corrected chi connectivity index (χ4v) is 5.50. The van der Waals surface area contributed by atoms with Gasteiger partial charge in [-0.2, -0.15) is 0 Å². The molecule has 0 aliphatic carbocycles. The van der Waals surface area contributed by atoms with Crippen LogP contribution in [0.3, 0.4) is 0 Å². The van der Waals surface area contributed by atoms with Gasteiger partial charge in [0.2, 0.25) is 0 Å². The second kappa shape index (κ2) is 13.8.